The summed E-state index contributed by atoms with van der Waals surface area (Å²) >= 11 is 0. The predicted octanol–water partition coefficient (Wildman–Crippen LogP) is 2.65. The zero-order valence-electron chi connectivity index (χ0n) is 12.1. The zero-order valence-corrected chi connectivity index (χ0v) is 12.1. The van der Waals surface area contributed by atoms with E-state index in [0.29, 0.717) is 0 Å². The summed E-state index contributed by atoms with van der Waals surface area (Å²) in [5.41, 5.74) is 3.84. The third-order valence-corrected chi connectivity index (χ3v) is 3.76. The summed E-state index contributed by atoms with van der Waals surface area (Å²) in [5.74, 6) is 1.98. The summed E-state index contributed by atoms with van der Waals surface area (Å²) in [4.78, 5) is 7.27. The molecule has 0 aliphatic carbocycles. The van der Waals surface area contributed by atoms with Crippen molar-refractivity contribution in [1.82, 2.24) is 10.3 Å². The van der Waals surface area contributed by atoms with Gasteiger partial charge < -0.3 is 10.2 Å². The highest BCUT2D eigenvalue weighted by atomic mass is 15.2. The van der Waals surface area contributed by atoms with Gasteiger partial charge in [0.2, 0.25) is 0 Å². The van der Waals surface area contributed by atoms with Gasteiger partial charge in [-0.3, -0.25) is 0 Å². The van der Waals surface area contributed by atoms with Gasteiger partial charge in [-0.2, -0.15) is 0 Å². The molecule has 2 rings (SSSR count). The minimum atomic E-state index is 0.781. The van der Waals surface area contributed by atoms with Gasteiger partial charge >= 0.3 is 0 Å². The summed E-state index contributed by atoms with van der Waals surface area (Å²) in [6.07, 6.45) is 2.64. The van der Waals surface area contributed by atoms with E-state index >= 15 is 0 Å². The molecule has 1 unspecified atom stereocenters. The summed E-state index contributed by atoms with van der Waals surface area (Å²) in [7, 11) is 2.00. The maximum atomic E-state index is 4.80. The van der Waals surface area contributed by atoms with E-state index < -0.39 is 0 Å². The Balaban J connectivity index is 2.34. The maximum Gasteiger partial charge on any atom is 0.133 e. The van der Waals surface area contributed by atoms with E-state index in [1.165, 1.54) is 29.8 Å². The maximum absolute atomic E-state index is 4.80. The molecular formula is C15H25N3. The first kappa shape index (κ1) is 13.3. The Morgan fingerprint density at radius 2 is 2.22 bits per heavy atom. The lowest BCUT2D eigenvalue weighted by Gasteiger charge is -2.33. The molecule has 3 nitrogen and oxygen atoms in total. The van der Waals surface area contributed by atoms with Crippen molar-refractivity contribution < 1.29 is 0 Å². The Morgan fingerprint density at radius 3 is 2.89 bits per heavy atom. The number of pyridine rings is 1. The van der Waals surface area contributed by atoms with Crippen molar-refractivity contribution in [2.24, 2.45) is 5.92 Å². The lowest BCUT2D eigenvalue weighted by Crippen LogP contribution is -2.36. The van der Waals surface area contributed by atoms with Gasteiger partial charge in [0.15, 0.2) is 0 Å². The van der Waals surface area contributed by atoms with Gasteiger partial charge in [-0.25, -0.2) is 4.98 Å². The van der Waals surface area contributed by atoms with Crippen molar-refractivity contribution >= 4 is 5.82 Å². The van der Waals surface area contributed by atoms with Gasteiger partial charge in [0.25, 0.3) is 0 Å². The predicted molar refractivity (Wildman–Crippen MR) is 77.1 cm³/mol. The molecule has 1 N–H and O–H groups in total. The Bertz CT molecular complexity index is 414. The van der Waals surface area contributed by atoms with Crippen LogP contribution in [0.15, 0.2) is 6.07 Å². The average molecular weight is 247 g/mol. The van der Waals surface area contributed by atoms with Crippen LogP contribution in [-0.2, 0) is 6.54 Å². The van der Waals surface area contributed by atoms with Crippen molar-refractivity contribution in [3.05, 3.63) is 22.9 Å². The molecule has 1 aliphatic rings. The number of nitrogens with zero attached hydrogens (tertiary/aromatic N) is 2. The Hall–Kier alpha value is -1.09. The van der Waals surface area contributed by atoms with E-state index in [9.17, 15) is 0 Å². The van der Waals surface area contributed by atoms with Crippen molar-refractivity contribution in [3.63, 3.8) is 0 Å². The van der Waals surface area contributed by atoms with Gasteiger partial charge in [0.1, 0.15) is 5.82 Å². The topological polar surface area (TPSA) is 28.2 Å². The van der Waals surface area contributed by atoms with E-state index in [0.717, 1.165) is 31.2 Å². The van der Waals surface area contributed by atoms with Crippen LogP contribution < -0.4 is 10.2 Å². The second-order valence-corrected chi connectivity index (χ2v) is 5.61. The number of aryl methyl sites for hydroxylation is 2. The van der Waals surface area contributed by atoms with E-state index in [1.54, 1.807) is 0 Å². The zero-order chi connectivity index (χ0) is 13.1. The van der Waals surface area contributed by atoms with Gasteiger partial charge in [0.05, 0.1) is 0 Å². The molecule has 1 saturated heterocycles. The third kappa shape index (κ3) is 2.83. The monoisotopic (exact) mass is 247 g/mol. The van der Waals surface area contributed by atoms with Crippen LogP contribution in [0.5, 0.6) is 0 Å². The van der Waals surface area contributed by atoms with Crippen LogP contribution in [0.4, 0.5) is 5.82 Å². The highest BCUT2D eigenvalue weighted by molar-refractivity contribution is 5.52. The number of rotatable bonds is 3. The Morgan fingerprint density at radius 1 is 1.44 bits per heavy atom. The number of aromatic nitrogens is 1. The summed E-state index contributed by atoms with van der Waals surface area (Å²) in [6.45, 7) is 9.82. The van der Waals surface area contributed by atoms with Crippen LogP contribution in [0.2, 0.25) is 0 Å². The second kappa shape index (κ2) is 5.70. The highest BCUT2D eigenvalue weighted by Crippen LogP contribution is 2.27. The summed E-state index contributed by atoms with van der Waals surface area (Å²) in [5, 5.41) is 3.27. The molecule has 1 fully saturated rings. The van der Waals surface area contributed by atoms with Crippen LogP contribution in [0.25, 0.3) is 0 Å². The quantitative estimate of drug-likeness (QED) is 0.890. The Kier molecular flexibility index (Phi) is 4.23. The first-order valence-electron chi connectivity index (χ1n) is 6.98. The fourth-order valence-corrected chi connectivity index (χ4v) is 2.88. The highest BCUT2D eigenvalue weighted by Gasteiger charge is 2.21. The third-order valence-electron chi connectivity index (χ3n) is 3.76. The molecule has 100 valence electrons. The molecule has 0 saturated carbocycles. The molecular weight excluding hydrogens is 222 g/mol. The molecule has 3 heteroatoms. The first-order chi connectivity index (χ1) is 8.61. The lowest BCUT2D eigenvalue weighted by atomic mass is 9.99. The molecule has 1 aromatic heterocycles. The minimum absolute atomic E-state index is 0.781. The van der Waals surface area contributed by atoms with Crippen LogP contribution in [0, 0.1) is 19.8 Å². The van der Waals surface area contributed by atoms with Crippen molar-refractivity contribution in [3.8, 4) is 0 Å². The normalized spacial score (nSPS) is 20.2. The van der Waals surface area contributed by atoms with E-state index in [4.69, 9.17) is 4.98 Å². The van der Waals surface area contributed by atoms with Gasteiger partial charge in [-0.05, 0) is 51.3 Å². The molecule has 1 aromatic rings. The van der Waals surface area contributed by atoms with Crippen LogP contribution >= 0.6 is 0 Å². The van der Waals surface area contributed by atoms with Gasteiger partial charge in [-0.15, -0.1) is 0 Å². The first-order valence-corrected chi connectivity index (χ1v) is 6.98. The van der Waals surface area contributed by atoms with E-state index in [1.807, 2.05) is 7.05 Å². The number of hydrogen-bond donors (Lipinski definition) is 1. The number of hydrogen-bond acceptors (Lipinski definition) is 3. The lowest BCUT2D eigenvalue weighted by molar-refractivity contribution is 0.443. The molecule has 1 atom stereocenters. The largest absolute Gasteiger partial charge is 0.356 e. The molecule has 0 bridgehead atoms. The number of anilines is 1. The average Bonchev–Trinajstić information content (AvgIpc) is 2.32. The SMILES string of the molecule is CNCc1c(C)cc(C)nc1N1CCCC(C)C1. The van der Waals surface area contributed by atoms with E-state index in [2.05, 4.69) is 37.1 Å². The molecule has 1 aliphatic heterocycles. The number of nitrogens with one attached hydrogen (secondary N) is 1. The minimum Gasteiger partial charge on any atom is -0.356 e. The summed E-state index contributed by atoms with van der Waals surface area (Å²) in [6, 6.07) is 2.18. The van der Waals surface area contributed by atoms with Crippen LogP contribution in [0.3, 0.4) is 0 Å². The van der Waals surface area contributed by atoms with Crippen molar-refractivity contribution in [1.29, 1.82) is 0 Å². The standard InChI is InChI=1S/C15H25N3/c1-11-6-5-7-18(10-11)15-14(9-16-4)12(2)8-13(3)17-15/h8,11,16H,5-7,9-10H2,1-4H3. The van der Waals surface area contributed by atoms with Crippen molar-refractivity contribution in [2.45, 2.75) is 40.2 Å². The van der Waals surface area contributed by atoms with E-state index in [-0.39, 0.29) is 0 Å². The van der Waals surface area contributed by atoms with Crippen LogP contribution in [0.1, 0.15) is 36.6 Å². The molecule has 2 heterocycles. The Labute approximate surface area is 111 Å². The molecule has 0 spiro atoms. The summed E-state index contributed by atoms with van der Waals surface area (Å²) < 4.78 is 0. The molecule has 0 aromatic carbocycles. The molecule has 0 amide bonds. The second-order valence-electron chi connectivity index (χ2n) is 5.61. The number of piperidine rings is 1. The molecule has 18 heavy (non-hydrogen) atoms. The fraction of sp³-hybridized carbons (Fsp3) is 0.667. The van der Waals surface area contributed by atoms with Crippen molar-refractivity contribution in [2.75, 3.05) is 25.0 Å². The van der Waals surface area contributed by atoms with Gasteiger partial charge in [0, 0.05) is 30.9 Å². The fourth-order valence-electron chi connectivity index (χ4n) is 2.88. The van der Waals surface area contributed by atoms with Gasteiger partial charge in [-0.1, -0.05) is 6.92 Å². The molecule has 0 radical (unpaired) electrons. The smallest absolute Gasteiger partial charge is 0.133 e. The van der Waals surface area contributed by atoms with Crippen LogP contribution in [-0.4, -0.2) is 25.1 Å².